The molecular weight excluding hydrogens is 472 g/mol. The molecule has 6 nitrogen and oxygen atoms in total. The fourth-order valence-electron chi connectivity index (χ4n) is 4.12. The van der Waals surface area contributed by atoms with Crippen molar-refractivity contribution in [3.8, 4) is 0 Å². The van der Waals surface area contributed by atoms with Gasteiger partial charge in [0.05, 0.1) is 10.6 Å². The van der Waals surface area contributed by atoms with Crippen LogP contribution in [0.2, 0.25) is 5.02 Å². The number of hydrogen-bond acceptors (Lipinski definition) is 4. The van der Waals surface area contributed by atoms with E-state index in [0.717, 1.165) is 4.31 Å². The quantitative estimate of drug-likeness (QED) is 0.455. The van der Waals surface area contributed by atoms with Gasteiger partial charge in [-0.25, -0.2) is 8.42 Å². The van der Waals surface area contributed by atoms with Crippen molar-refractivity contribution < 1.29 is 18.0 Å². The Morgan fingerprint density at radius 2 is 1.53 bits per heavy atom. The largest absolute Gasteiger partial charge is 0.339 e. The van der Waals surface area contributed by atoms with E-state index in [9.17, 15) is 18.0 Å². The van der Waals surface area contributed by atoms with Crippen molar-refractivity contribution in [2.45, 2.75) is 17.7 Å². The smallest absolute Gasteiger partial charge is 0.264 e. The van der Waals surface area contributed by atoms with E-state index >= 15 is 0 Å². The van der Waals surface area contributed by atoms with Crippen LogP contribution in [0.25, 0.3) is 0 Å². The summed E-state index contributed by atoms with van der Waals surface area (Å²) in [4.78, 5) is 27.5. The van der Waals surface area contributed by atoms with E-state index in [-0.39, 0.29) is 22.5 Å². The highest BCUT2D eigenvalue weighted by Crippen LogP contribution is 2.27. The van der Waals surface area contributed by atoms with Gasteiger partial charge in [-0.2, -0.15) is 0 Å². The first-order chi connectivity index (χ1) is 16.3. The standard InChI is InChI=1S/C26H25ClN2O4S/c1-28(23-11-6-10-22(27)18-23)34(32,33)24-12-5-9-21(17-24)26(31)29-15-13-20(14-16-29)25(30)19-7-3-2-4-8-19/h2-12,17-18,20H,13-16H2,1H3. The highest BCUT2D eigenvalue weighted by atomic mass is 35.5. The number of halogens is 1. The first-order valence-corrected chi connectivity index (χ1v) is 12.8. The van der Waals surface area contributed by atoms with Crippen LogP contribution in [0.4, 0.5) is 5.69 Å². The lowest BCUT2D eigenvalue weighted by molar-refractivity contribution is 0.0650. The number of piperidine rings is 1. The van der Waals surface area contributed by atoms with Crippen molar-refractivity contribution in [3.05, 3.63) is 95.0 Å². The molecule has 8 heteroatoms. The Labute approximate surface area is 204 Å². The summed E-state index contributed by atoms with van der Waals surface area (Å²) in [5.74, 6) is -0.262. The van der Waals surface area contributed by atoms with Gasteiger partial charge < -0.3 is 4.90 Å². The second-order valence-corrected chi connectivity index (χ2v) is 10.7. The summed E-state index contributed by atoms with van der Waals surface area (Å²) >= 11 is 6.01. The van der Waals surface area contributed by atoms with Gasteiger partial charge in [-0.15, -0.1) is 0 Å². The highest BCUT2D eigenvalue weighted by Gasteiger charge is 2.29. The first kappa shape index (κ1) is 24.0. The monoisotopic (exact) mass is 496 g/mol. The van der Waals surface area contributed by atoms with Crippen LogP contribution in [0.3, 0.4) is 0 Å². The summed E-state index contributed by atoms with van der Waals surface area (Å²) in [6.45, 7) is 0.892. The maximum absolute atomic E-state index is 13.2. The zero-order valence-corrected chi connectivity index (χ0v) is 20.3. The van der Waals surface area contributed by atoms with Crippen LogP contribution in [0.15, 0.2) is 83.8 Å². The molecule has 34 heavy (non-hydrogen) atoms. The topological polar surface area (TPSA) is 74.8 Å². The molecule has 0 atom stereocenters. The van der Waals surface area contributed by atoms with Crippen LogP contribution in [-0.2, 0) is 10.0 Å². The molecule has 1 amide bonds. The number of anilines is 1. The number of likely N-dealkylation sites (tertiary alicyclic amines) is 1. The van der Waals surface area contributed by atoms with Gasteiger partial charge in [0.15, 0.2) is 5.78 Å². The van der Waals surface area contributed by atoms with Crippen LogP contribution >= 0.6 is 11.6 Å². The molecule has 4 rings (SSSR count). The van der Waals surface area contributed by atoms with Gasteiger partial charge >= 0.3 is 0 Å². The Morgan fingerprint density at radius 3 is 2.21 bits per heavy atom. The zero-order chi connectivity index (χ0) is 24.3. The predicted octanol–water partition coefficient (Wildman–Crippen LogP) is 4.90. The Balaban J connectivity index is 1.47. The number of benzene rings is 3. The van der Waals surface area contributed by atoms with Crippen LogP contribution in [0.1, 0.15) is 33.6 Å². The maximum atomic E-state index is 13.2. The van der Waals surface area contributed by atoms with Crippen molar-refractivity contribution >= 4 is 39.0 Å². The van der Waals surface area contributed by atoms with E-state index in [1.165, 1.54) is 19.2 Å². The van der Waals surface area contributed by atoms with Gasteiger partial charge in [0.25, 0.3) is 15.9 Å². The fraction of sp³-hybridized carbons (Fsp3) is 0.231. The van der Waals surface area contributed by atoms with E-state index < -0.39 is 10.0 Å². The number of ketones is 1. The van der Waals surface area contributed by atoms with Crippen LogP contribution in [0, 0.1) is 5.92 Å². The lowest BCUT2D eigenvalue weighted by Crippen LogP contribution is -2.40. The molecule has 0 N–H and O–H groups in total. The van der Waals surface area contributed by atoms with Gasteiger partial charge in [-0.05, 0) is 49.2 Å². The average molecular weight is 497 g/mol. The number of amides is 1. The Hall–Kier alpha value is -3.16. The SMILES string of the molecule is CN(c1cccc(Cl)c1)S(=O)(=O)c1cccc(C(=O)N2CCC(C(=O)c3ccccc3)CC2)c1. The molecule has 0 saturated carbocycles. The normalized spacial score (nSPS) is 14.6. The number of carbonyl (C=O) groups excluding carboxylic acids is 2. The van der Waals surface area contributed by atoms with E-state index in [1.54, 1.807) is 41.3 Å². The maximum Gasteiger partial charge on any atom is 0.264 e. The van der Waals surface area contributed by atoms with Gasteiger partial charge in [0.2, 0.25) is 0 Å². The van der Waals surface area contributed by atoms with Gasteiger partial charge in [-0.1, -0.05) is 54.1 Å². The average Bonchev–Trinajstić information content (AvgIpc) is 2.88. The van der Waals surface area contributed by atoms with Crippen LogP contribution < -0.4 is 4.31 Å². The molecule has 1 aliphatic heterocycles. The summed E-state index contributed by atoms with van der Waals surface area (Å²) in [6.07, 6.45) is 1.16. The molecule has 3 aromatic rings. The van der Waals surface area contributed by atoms with Crippen LogP contribution in [-0.4, -0.2) is 45.1 Å². The van der Waals surface area contributed by atoms with Crippen LogP contribution in [0.5, 0.6) is 0 Å². The molecule has 0 spiro atoms. The third-order valence-electron chi connectivity index (χ3n) is 6.12. The molecule has 1 saturated heterocycles. The van der Waals surface area contributed by atoms with Gasteiger partial charge in [0.1, 0.15) is 0 Å². The lowest BCUT2D eigenvalue weighted by atomic mass is 9.88. The molecule has 0 aromatic heterocycles. The number of sulfonamides is 1. The molecule has 1 fully saturated rings. The van der Waals surface area contributed by atoms with Crippen molar-refractivity contribution in [1.82, 2.24) is 4.90 Å². The third kappa shape index (κ3) is 5.00. The second kappa shape index (κ2) is 9.99. The Morgan fingerprint density at radius 1 is 0.882 bits per heavy atom. The Bertz CT molecular complexity index is 1300. The molecule has 0 radical (unpaired) electrons. The molecule has 0 unspecified atom stereocenters. The van der Waals surface area contributed by atoms with E-state index in [2.05, 4.69) is 0 Å². The van der Waals surface area contributed by atoms with Gasteiger partial charge in [0, 0.05) is 42.2 Å². The highest BCUT2D eigenvalue weighted by molar-refractivity contribution is 7.92. The Kier molecular flexibility index (Phi) is 7.05. The molecule has 0 aliphatic carbocycles. The summed E-state index contributed by atoms with van der Waals surface area (Å²) in [7, 11) is -2.44. The second-order valence-electron chi connectivity index (χ2n) is 8.28. The summed E-state index contributed by atoms with van der Waals surface area (Å²) in [5.41, 5.74) is 1.41. The molecular formula is C26H25ClN2O4S. The van der Waals surface area contributed by atoms with E-state index in [4.69, 9.17) is 11.6 Å². The number of rotatable bonds is 6. The molecule has 1 aliphatic rings. The molecule has 0 bridgehead atoms. The van der Waals surface area contributed by atoms with E-state index in [1.807, 2.05) is 30.3 Å². The first-order valence-electron chi connectivity index (χ1n) is 11.0. The fourth-order valence-corrected chi connectivity index (χ4v) is 5.54. The lowest BCUT2D eigenvalue weighted by Gasteiger charge is -2.31. The van der Waals surface area contributed by atoms with Crippen molar-refractivity contribution in [2.24, 2.45) is 5.92 Å². The molecule has 1 heterocycles. The molecule has 176 valence electrons. The van der Waals surface area contributed by atoms with Crippen molar-refractivity contribution in [1.29, 1.82) is 0 Å². The number of carbonyl (C=O) groups is 2. The number of nitrogens with zero attached hydrogens (tertiary/aromatic N) is 2. The minimum atomic E-state index is -3.89. The summed E-state index contributed by atoms with van der Waals surface area (Å²) in [5, 5.41) is 0.428. The van der Waals surface area contributed by atoms with Crippen molar-refractivity contribution in [3.63, 3.8) is 0 Å². The van der Waals surface area contributed by atoms with E-state index in [0.29, 0.717) is 47.8 Å². The number of hydrogen-bond donors (Lipinski definition) is 0. The predicted molar refractivity (Wildman–Crippen MR) is 133 cm³/mol. The summed E-state index contributed by atoms with van der Waals surface area (Å²) < 4.78 is 27.5. The van der Waals surface area contributed by atoms with Gasteiger partial charge in [-0.3, -0.25) is 13.9 Å². The summed E-state index contributed by atoms with van der Waals surface area (Å²) in [6, 6.07) is 21.8. The minimum absolute atomic E-state index is 0.0231. The van der Waals surface area contributed by atoms with Crippen molar-refractivity contribution in [2.75, 3.05) is 24.4 Å². The number of Topliss-reactive ketones (excluding diaryl/α,β-unsaturated/α-hetero) is 1. The molecule has 3 aromatic carbocycles. The third-order valence-corrected chi connectivity index (χ3v) is 8.14. The zero-order valence-electron chi connectivity index (χ0n) is 18.7. The minimum Gasteiger partial charge on any atom is -0.339 e.